The molecule has 0 bridgehead atoms. The van der Waals surface area contributed by atoms with E-state index < -0.39 is 12.1 Å². The summed E-state index contributed by atoms with van der Waals surface area (Å²) in [5.41, 5.74) is 0. The van der Waals surface area contributed by atoms with Crippen molar-refractivity contribution >= 4 is 11.9 Å². The minimum absolute atomic E-state index is 0.0105. The summed E-state index contributed by atoms with van der Waals surface area (Å²) in [7, 11) is 0. The summed E-state index contributed by atoms with van der Waals surface area (Å²) in [6.07, 6.45) is 101. The lowest BCUT2D eigenvalue weighted by molar-refractivity contribution is -0.143. The van der Waals surface area contributed by atoms with Gasteiger partial charge >= 0.3 is 5.97 Å². The van der Waals surface area contributed by atoms with E-state index in [2.05, 4.69) is 43.5 Å². The fourth-order valence-corrected chi connectivity index (χ4v) is 12.7. The number of allylic oxidation sites excluding steroid dienone is 5. The second-order valence-corrected chi connectivity index (χ2v) is 27.7. The smallest absolute Gasteiger partial charge is 0.305 e. The molecule has 0 aromatic heterocycles. The van der Waals surface area contributed by atoms with Gasteiger partial charge in [-0.25, -0.2) is 0 Å². The molecule has 0 aromatic carbocycles. The summed E-state index contributed by atoms with van der Waals surface area (Å²) < 4.78 is 5.48. The van der Waals surface area contributed by atoms with E-state index in [1.807, 2.05) is 6.08 Å². The molecule has 3 N–H and O–H groups in total. The number of hydrogen-bond acceptors (Lipinski definition) is 5. The van der Waals surface area contributed by atoms with Crippen molar-refractivity contribution in [1.29, 1.82) is 0 Å². The standard InChI is InChI=1S/C82H157NO5/c1-3-5-7-9-11-13-15-17-18-19-20-21-22-36-39-42-45-48-51-54-58-62-66-70-74-80(85)79(78-84)83-81(86)75-71-67-63-59-55-52-49-46-43-40-37-34-32-30-28-26-24-23-25-27-29-31-33-35-38-41-44-47-50-53-57-61-65-69-73-77-88-82(87)76-72-68-64-60-56-16-14-12-10-8-6-4-2/h12,14,25,27,70,74,79-80,84-85H,3-11,13,15-24,26,28-69,71-73,75-78H2,1-2H3,(H,83,86)/b14-12-,27-25-,74-70+. The van der Waals surface area contributed by atoms with Crippen LogP contribution in [0.3, 0.4) is 0 Å². The Kier molecular flexibility index (Phi) is 75.8. The number of esters is 1. The third kappa shape index (κ3) is 73.1. The van der Waals surface area contributed by atoms with Gasteiger partial charge in [0.25, 0.3) is 0 Å². The number of unbranched alkanes of at least 4 members (excludes halogenated alkanes) is 61. The van der Waals surface area contributed by atoms with E-state index in [-0.39, 0.29) is 18.5 Å². The van der Waals surface area contributed by atoms with Crippen molar-refractivity contribution in [3.05, 3.63) is 36.5 Å². The first kappa shape index (κ1) is 86.1. The number of amides is 1. The molecule has 6 heteroatoms. The van der Waals surface area contributed by atoms with E-state index in [0.717, 1.165) is 44.9 Å². The monoisotopic (exact) mass is 1240 g/mol. The molecule has 0 fully saturated rings. The number of nitrogens with one attached hydrogen (secondary N) is 1. The molecule has 88 heavy (non-hydrogen) atoms. The second kappa shape index (κ2) is 77.5. The Morgan fingerprint density at radius 1 is 0.307 bits per heavy atom. The highest BCUT2D eigenvalue weighted by Crippen LogP contribution is 2.20. The summed E-state index contributed by atoms with van der Waals surface area (Å²) in [5, 5.41) is 23.3. The van der Waals surface area contributed by atoms with Gasteiger partial charge in [-0.1, -0.05) is 391 Å². The number of carbonyl (C=O) groups is 2. The summed E-state index contributed by atoms with van der Waals surface area (Å²) in [6.45, 7) is 4.93. The first-order valence-electron chi connectivity index (χ1n) is 40.3. The van der Waals surface area contributed by atoms with Crippen molar-refractivity contribution in [2.24, 2.45) is 0 Å². The average Bonchev–Trinajstić information content (AvgIpc) is 3.54. The van der Waals surface area contributed by atoms with Gasteiger partial charge in [0.05, 0.1) is 25.4 Å². The zero-order valence-electron chi connectivity index (χ0n) is 59.7. The lowest BCUT2D eigenvalue weighted by atomic mass is 10.0. The Bertz CT molecular complexity index is 1430. The van der Waals surface area contributed by atoms with Crippen LogP contribution < -0.4 is 5.32 Å². The minimum atomic E-state index is -0.844. The van der Waals surface area contributed by atoms with Gasteiger partial charge < -0.3 is 20.3 Å². The molecule has 0 aliphatic heterocycles. The fraction of sp³-hybridized carbons (Fsp3) is 0.902. The molecule has 2 unspecified atom stereocenters. The third-order valence-electron chi connectivity index (χ3n) is 18.9. The van der Waals surface area contributed by atoms with Crippen molar-refractivity contribution in [2.75, 3.05) is 13.2 Å². The maximum absolute atomic E-state index is 12.6. The SMILES string of the molecule is CCCCC/C=C\CCCCCCCC(=O)OCCCCCCCCCCCCCCCC/C=C\CCCCCCCCCCCCCCCCCCCC(=O)NC(CO)C(O)/C=C/CCCCCCCCCCCCCCCCCCCCCCCC. The Morgan fingerprint density at radius 3 is 0.830 bits per heavy atom. The first-order chi connectivity index (χ1) is 43.5. The number of ether oxygens (including phenoxy) is 1. The zero-order chi connectivity index (χ0) is 63.5. The predicted octanol–water partition coefficient (Wildman–Crippen LogP) is 26.6. The normalized spacial score (nSPS) is 12.6. The molecule has 520 valence electrons. The molecule has 0 saturated heterocycles. The molecule has 0 aliphatic carbocycles. The molecular formula is C82H157NO5. The van der Waals surface area contributed by atoms with Gasteiger partial charge in [0.2, 0.25) is 5.91 Å². The lowest BCUT2D eigenvalue weighted by Gasteiger charge is -2.20. The van der Waals surface area contributed by atoms with Crippen LogP contribution in [0.25, 0.3) is 0 Å². The molecule has 0 heterocycles. The van der Waals surface area contributed by atoms with E-state index in [1.165, 1.54) is 379 Å². The fourth-order valence-electron chi connectivity index (χ4n) is 12.7. The Balaban J connectivity index is 3.37. The highest BCUT2D eigenvalue weighted by Gasteiger charge is 2.18. The molecule has 2 atom stereocenters. The van der Waals surface area contributed by atoms with Crippen molar-refractivity contribution in [1.82, 2.24) is 5.32 Å². The number of carbonyl (C=O) groups excluding carboxylic acids is 2. The number of aliphatic hydroxyl groups excluding tert-OH is 2. The highest BCUT2D eigenvalue weighted by atomic mass is 16.5. The number of aliphatic hydroxyl groups is 2. The van der Waals surface area contributed by atoms with Crippen LogP contribution in [0.4, 0.5) is 0 Å². The summed E-state index contributed by atoms with van der Waals surface area (Å²) in [5.74, 6) is -0.0489. The van der Waals surface area contributed by atoms with Gasteiger partial charge in [-0.2, -0.15) is 0 Å². The molecule has 1 amide bonds. The molecule has 0 spiro atoms. The number of rotatable bonds is 76. The zero-order valence-corrected chi connectivity index (χ0v) is 59.7. The summed E-state index contributed by atoms with van der Waals surface area (Å²) in [4.78, 5) is 24.6. The van der Waals surface area contributed by atoms with E-state index >= 15 is 0 Å². The van der Waals surface area contributed by atoms with E-state index in [0.29, 0.717) is 19.4 Å². The summed E-state index contributed by atoms with van der Waals surface area (Å²) in [6, 6.07) is -0.627. The predicted molar refractivity (Wildman–Crippen MR) is 389 cm³/mol. The van der Waals surface area contributed by atoms with Crippen LogP contribution in [0.2, 0.25) is 0 Å². The van der Waals surface area contributed by atoms with Crippen molar-refractivity contribution in [3.63, 3.8) is 0 Å². The maximum atomic E-state index is 12.6. The van der Waals surface area contributed by atoms with Gasteiger partial charge in [0, 0.05) is 12.8 Å². The van der Waals surface area contributed by atoms with Crippen molar-refractivity contribution in [3.8, 4) is 0 Å². The van der Waals surface area contributed by atoms with Crippen LogP contribution in [0.15, 0.2) is 36.5 Å². The lowest BCUT2D eigenvalue weighted by Crippen LogP contribution is -2.45. The topological polar surface area (TPSA) is 95.9 Å². The van der Waals surface area contributed by atoms with E-state index in [4.69, 9.17) is 4.74 Å². The van der Waals surface area contributed by atoms with Gasteiger partial charge in [0.1, 0.15) is 0 Å². The van der Waals surface area contributed by atoms with Crippen LogP contribution in [0, 0.1) is 0 Å². The van der Waals surface area contributed by atoms with Crippen LogP contribution in [-0.2, 0) is 14.3 Å². The van der Waals surface area contributed by atoms with Gasteiger partial charge in [-0.15, -0.1) is 0 Å². The Labute approximate surface area is 551 Å². The largest absolute Gasteiger partial charge is 0.466 e. The van der Waals surface area contributed by atoms with Crippen LogP contribution in [0.1, 0.15) is 450 Å². The first-order valence-corrected chi connectivity index (χ1v) is 40.3. The molecule has 0 rings (SSSR count). The Hall–Kier alpha value is -1.92. The molecular weight excluding hydrogens is 1080 g/mol. The number of hydrogen-bond donors (Lipinski definition) is 3. The molecule has 0 radical (unpaired) electrons. The Morgan fingerprint density at radius 2 is 0.534 bits per heavy atom. The molecule has 0 saturated carbocycles. The van der Waals surface area contributed by atoms with Crippen LogP contribution in [-0.4, -0.2) is 47.4 Å². The van der Waals surface area contributed by atoms with Gasteiger partial charge in [-0.05, 0) is 83.5 Å². The highest BCUT2D eigenvalue weighted by molar-refractivity contribution is 5.76. The minimum Gasteiger partial charge on any atom is -0.466 e. The molecule has 0 aromatic rings. The third-order valence-corrected chi connectivity index (χ3v) is 18.9. The van der Waals surface area contributed by atoms with Gasteiger partial charge in [0.15, 0.2) is 0 Å². The molecule has 0 aliphatic rings. The van der Waals surface area contributed by atoms with Gasteiger partial charge in [-0.3, -0.25) is 9.59 Å². The van der Waals surface area contributed by atoms with Crippen molar-refractivity contribution in [2.45, 2.75) is 463 Å². The average molecular weight is 1240 g/mol. The maximum Gasteiger partial charge on any atom is 0.305 e. The van der Waals surface area contributed by atoms with Crippen molar-refractivity contribution < 1.29 is 24.5 Å². The summed E-state index contributed by atoms with van der Waals surface area (Å²) >= 11 is 0. The quantitative estimate of drug-likeness (QED) is 0.0320. The second-order valence-electron chi connectivity index (χ2n) is 27.7. The van der Waals surface area contributed by atoms with Crippen LogP contribution in [0.5, 0.6) is 0 Å². The van der Waals surface area contributed by atoms with E-state index in [9.17, 15) is 19.8 Å². The molecule has 6 nitrogen and oxygen atoms in total. The van der Waals surface area contributed by atoms with Crippen LogP contribution >= 0.6 is 0 Å². The van der Waals surface area contributed by atoms with E-state index in [1.54, 1.807) is 6.08 Å².